The summed E-state index contributed by atoms with van der Waals surface area (Å²) in [5, 5.41) is 13.1. The fourth-order valence-electron chi connectivity index (χ4n) is 3.14. The van der Waals surface area contributed by atoms with Crippen LogP contribution in [0.25, 0.3) is 11.1 Å². The number of carbonyl (C=O) groups excluding carboxylic acids is 1. The molecule has 0 saturated carbocycles. The van der Waals surface area contributed by atoms with Gasteiger partial charge < -0.3 is 19.9 Å². The number of hydrogen-bond acceptors (Lipinski definition) is 4. The number of rotatable bonds is 8. The molecule has 5 nitrogen and oxygen atoms in total. The molecular weight excluding hydrogens is 414 g/mol. The topological polar surface area (TPSA) is 67.8 Å². The number of halogens is 1. The van der Waals surface area contributed by atoms with Gasteiger partial charge in [-0.2, -0.15) is 0 Å². The van der Waals surface area contributed by atoms with Gasteiger partial charge in [0, 0.05) is 25.4 Å². The molecule has 162 valence electrons. The minimum absolute atomic E-state index is 0.218. The Kier molecular flexibility index (Phi) is 7.21. The molecule has 0 heterocycles. The third kappa shape index (κ3) is 6.48. The van der Waals surface area contributed by atoms with Crippen LogP contribution in [-0.2, 0) is 6.42 Å². The summed E-state index contributed by atoms with van der Waals surface area (Å²) >= 11 is 6.00. The Labute approximate surface area is 187 Å². The maximum absolute atomic E-state index is 12.4. The van der Waals surface area contributed by atoms with Crippen molar-refractivity contribution in [2.45, 2.75) is 26.1 Å². The Hall–Kier alpha value is -3.02. The first-order chi connectivity index (χ1) is 14.7. The van der Waals surface area contributed by atoms with Gasteiger partial charge in [-0.25, -0.2) is 0 Å². The van der Waals surface area contributed by atoms with E-state index in [1.807, 2.05) is 48.5 Å². The SMILES string of the molecule is COc1ccc(Cl)cc1C(=O)NCCc1ccc(-c2ccc(OC(C)(C)O)cc2)cc1. The summed E-state index contributed by atoms with van der Waals surface area (Å²) in [4.78, 5) is 12.4. The van der Waals surface area contributed by atoms with Crippen molar-refractivity contribution in [3.05, 3.63) is 82.9 Å². The minimum Gasteiger partial charge on any atom is -0.496 e. The van der Waals surface area contributed by atoms with Gasteiger partial charge in [-0.1, -0.05) is 48.0 Å². The van der Waals surface area contributed by atoms with E-state index in [1.165, 1.54) is 7.11 Å². The molecule has 3 aromatic carbocycles. The molecule has 31 heavy (non-hydrogen) atoms. The summed E-state index contributed by atoms with van der Waals surface area (Å²) in [5.74, 6) is -0.328. The van der Waals surface area contributed by atoms with Crippen molar-refractivity contribution in [1.82, 2.24) is 5.32 Å². The molecule has 6 heteroatoms. The average Bonchev–Trinajstić information content (AvgIpc) is 2.73. The van der Waals surface area contributed by atoms with E-state index in [0.717, 1.165) is 16.7 Å². The molecule has 3 rings (SSSR count). The first-order valence-corrected chi connectivity index (χ1v) is 10.4. The molecule has 0 atom stereocenters. The van der Waals surface area contributed by atoms with Crippen LogP contribution in [0.15, 0.2) is 66.7 Å². The van der Waals surface area contributed by atoms with E-state index in [4.69, 9.17) is 21.1 Å². The number of aliphatic hydroxyl groups is 1. The molecule has 0 aliphatic carbocycles. The standard InChI is InChI=1S/C25H26ClNO4/c1-25(2,29)31-21-11-8-19(9-12-21)18-6-4-17(5-7-18)14-15-27-24(28)22-16-20(26)10-13-23(22)30-3/h4-13,16,29H,14-15H2,1-3H3,(H,27,28). The second-order valence-corrected chi connectivity index (χ2v) is 8.06. The van der Waals surface area contributed by atoms with Crippen LogP contribution in [0.1, 0.15) is 29.8 Å². The lowest BCUT2D eigenvalue weighted by molar-refractivity contribution is -0.104. The lowest BCUT2D eigenvalue weighted by Crippen LogP contribution is -2.26. The molecule has 3 aromatic rings. The van der Waals surface area contributed by atoms with Crippen LogP contribution < -0.4 is 14.8 Å². The zero-order valence-electron chi connectivity index (χ0n) is 17.8. The van der Waals surface area contributed by atoms with Gasteiger partial charge in [0.2, 0.25) is 5.79 Å². The fourth-order valence-corrected chi connectivity index (χ4v) is 3.31. The molecule has 1 amide bonds. The highest BCUT2D eigenvalue weighted by molar-refractivity contribution is 6.31. The van der Waals surface area contributed by atoms with E-state index in [1.54, 1.807) is 32.0 Å². The molecule has 0 unspecified atom stereocenters. The van der Waals surface area contributed by atoms with Crippen molar-refractivity contribution in [3.63, 3.8) is 0 Å². The van der Waals surface area contributed by atoms with Crippen molar-refractivity contribution >= 4 is 17.5 Å². The maximum Gasteiger partial charge on any atom is 0.255 e. The first-order valence-electron chi connectivity index (χ1n) is 9.98. The summed E-state index contributed by atoms with van der Waals surface area (Å²) in [6.45, 7) is 3.68. The molecule has 0 aliphatic rings. The number of methoxy groups -OCH3 is 1. The van der Waals surface area contributed by atoms with Crippen LogP contribution in [-0.4, -0.2) is 30.5 Å². The number of nitrogens with one attached hydrogen (secondary N) is 1. The Morgan fingerprint density at radius 2 is 1.61 bits per heavy atom. The first kappa shape index (κ1) is 22.7. The lowest BCUT2D eigenvalue weighted by Gasteiger charge is -2.19. The van der Waals surface area contributed by atoms with Gasteiger partial charge >= 0.3 is 0 Å². The molecule has 0 aliphatic heterocycles. The number of benzene rings is 3. The van der Waals surface area contributed by atoms with Crippen molar-refractivity contribution in [3.8, 4) is 22.6 Å². The van der Waals surface area contributed by atoms with E-state index >= 15 is 0 Å². The quantitative estimate of drug-likeness (QED) is 0.479. The maximum atomic E-state index is 12.4. The summed E-state index contributed by atoms with van der Waals surface area (Å²) in [7, 11) is 1.52. The molecule has 0 aromatic heterocycles. The highest BCUT2D eigenvalue weighted by Gasteiger charge is 2.14. The number of carbonyl (C=O) groups is 1. The molecule has 0 spiro atoms. The average molecular weight is 440 g/mol. The van der Waals surface area contributed by atoms with Crippen LogP contribution >= 0.6 is 11.6 Å². The van der Waals surface area contributed by atoms with E-state index in [9.17, 15) is 9.90 Å². The summed E-state index contributed by atoms with van der Waals surface area (Å²) in [6.07, 6.45) is 0.702. The Balaban J connectivity index is 1.56. The molecule has 2 N–H and O–H groups in total. The monoisotopic (exact) mass is 439 g/mol. The van der Waals surface area contributed by atoms with Crippen LogP contribution in [0, 0.1) is 0 Å². The highest BCUT2D eigenvalue weighted by Crippen LogP contribution is 2.25. The summed E-state index contributed by atoms with van der Waals surface area (Å²) < 4.78 is 10.7. The Bertz CT molecular complexity index is 1020. The van der Waals surface area contributed by atoms with Crippen molar-refractivity contribution in [2.24, 2.45) is 0 Å². The van der Waals surface area contributed by atoms with Crippen LogP contribution in [0.3, 0.4) is 0 Å². The summed E-state index contributed by atoms with van der Waals surface area (Å²) in [6, 6.07) is 20.7. The predicted molar refractivity (Wildman–Crippen MR) is 123 cm³/mol. The molecule has 0 radical (unpaired) electrons. The van der Waals surface area contributed by atoms with Gasteiger partial charge in [0.15, 0.2) is 0 Å². The number of amides is 1. The van der Waals surface area contributed by atoms with E-state index in [0.29, 0.717) is 35.1 Å². The van der Waals surface area contributed by atoms with Crippen LogP contribution in [0.2, 0.25) is 5.02 Å². The van der Waals surface area contributed by atoms with Crippen molar-refractivity contribution in [2.75, 3.05) is 13.7 Å². The second kappa shape index (κ2) is 9.86. The zero-order chi connectivity index (χ0) is 22.4. The second-order valence-electron chi connectivity index (χ2n) is 7.62. The number of hydrogen-bond donors (Lipinski definition) is 2. The van der Waals surface area contributed by atoms with E-state index in [2.05, 4.69) is 5.32 Å². The van der Waals surface area contributed by atoms with Gasteiger partial charge in [0.25, 0.3) is 5.91 Å². The van der Waals surface area contributed by atoms with Crippen molar-refractivity contribution in [1.29, 1.82) is 0 Å². The third-order valence-corrected chi connectivity index (χ3v) is 4.85. The number of ether oxygens (including phenoxy) is 2. The smallest absolute Gasteiger partial charge is 0.255 e. The molecule has 0 bridgehead atoms. The molecule has 0 fully saturated rings. The van der Waals surface area contributed by atoms with E-state index in [-0.39, 0.29) is 5.91 Å². The van der Waals surface area contributed by atoms with Gasteiger partial charge in [-0.05, 0) is 53.4 Å². The predicted octanol–water partition coefficient (Wildman–Crippen LogP) is 5.10. The van der Waals surface area contributed by atoms with Gasteiger partial charge in [-0.15, -0.1) is 0 Å². The van der Waals surface area contributed by atoms with Crippen LogP contribution in [0.5, 0.6) is 11.5 Å². The zero-order valence-corrected chi connectivity index (χ0v) is 18.6. The van der Waals surface area contributed by atoms with Crippen LogP contribution in [0.4, 0.5) is 0 Å². The largest absolute Gasteiger partial charge is 0.496 e. The lowest BCUT2D eigenvalue weighted by atomic mass is 10.0. The fraction of sp³-hybridized carbons (Fsp3) is 0.240. The Morgan fingerprint density at radius 1 is 1.00 bits per heavy atom. The third-order valence-electron chi connectivity index (χ3n) is 4.61. The molecule has 0 saturated heterocycles. The van der Waals surface area contributed by atoms with Gasteiger partial charge in [-0.3, -0.25) is 4.79 Å². The Morgan fingerprint density at radius 3 is 2.19 bits per heavy atom. The summed E-state index contributed by atoms with van der Waals surface area (Å²) in [5.41, 5.74) is 3.66. The van der Waals surface area contributed by atoms with Gasteiger partial charge in [0.05, 0.1) is 12.7 Å². The normalized spacial score (nSPS) is 11.1. The van der Waals surface area contributed by atoms with E-state index < -0.39 is 5.79 Å². The van der Waals surface area contributed by atoms with Crippen molar-refractivity contribution < 1.29 is 19.4 Å². The van der Waals surface area contributed by atoms with Gasteiger partial charge in [0.1, 0.15) is 11.5 Å². The highest BCUT2D eigenvalue weighted by atomic mass is 35.5. The molecular formula is C25H26ClNO4. The minimum atomic E-state index is -1.21.